The van der Waals surface area contributed by atoms with E-state index in [1.807, 2.05) is 6.20 Å². The molecule has 0 spiro atoms. The van der Waals surface area contributed by atoms with Crippen molar-refractivity contribution in [2.45, 2.75) is 63.3 Å². The van der Waals surface area contributed by atoms with Crippen molar-refractivity contribution in [1.29, 1.82) is 0 Å². The Morgan fingerprint density at radius 3 is 2.88 bits per heavy atom. The average Bonchev–Trinajstić information content (AvgIpc) is 2.89. The fourth-order valence-electron chi connectivity index (χ4n) is 2.53. The SMILES string of the molecule is OC1(Cn2cc(CNC3CC3)nn2)CCCC1. The molecule has 1 heterocycles. The largest absolute Gasteiger partial charge is 0.388 e. The second-order valence-corrected chi connectivity index (χ2v) is 5.49. The summed E-state index contributed by atoms with van der Waals surface area (Å²) in [5.74, 6) is 0. The Morgan fingerprint density at radius 1 is 1.41 bits per heavy atom. The summed E-state index contributed by atoms with van der Waals surface area (Å²) in [5.41, 5.74) is 0.424. The smallest absolute Gasteiger partial charge is 0.0964 e. The molecule has 2 N–H and O–H groups in total. The predicted octanol–water partition coefficient (Wildman–Crippen LogP) is 0.835. The molecule has 17 heavy (non-hydrogen) atoms. The zero-order chi connectivity index (χ0) is 11.7. The molecule has 94 valence electrons. The Hall–Kier alpha value is -0.940. The molecular formula is C12H20N4O. The molecule has 2 aliphatic rings. The van der Waals surface area contributed by atoms with E-state index in [1.165, 1.54) is 12.8 Å². The van der Waals surface area contributed by atoms with Gasteiger partial charge in [-0.2, -0.15) is 0 Å². The van der Waals surface area contributed by atoms with Gasteiger partial charge in [0.25, 0.3) is 0 Å². The molecule has 5 heteroatoms. The van der Waals surface area contributed by atoms with Crippen molar-refractivity contribution >= 4 is 0 Å². The Morgan fingerprint density at radius 2 is 2.18 bits per heavy atom. The molecule has 2 saturated carbocycles. The number of aromatic nitrogens is 3. The Kier molecular flexibility index (Phi) is 2.88. The van der Waals surface area contributed by atoms with E-state index in [-0.39, 0.29) is 0 Å². The van der Waals surface area contributed by atoms with Gasteiger partial charge in [0.05, 0.1) is 17.8 Å². The van der Waals surface area contributed by atoms with Crippen LogP contribution in [0.2, 0.25) is 0 Å². The molecule has 1 aromatic rings. The van der Waals surface area contributed by atoms with E-state index >= 15 is 0 Å². The van der Waals surface area contributed by atoms with Crippen LogP contribution < -0.4 is 5.32 Å². The van der Waals surface area contributed by atoms with Crippen LogP contribution in [0.25, 0.3) is 0 Å². The lowest BCUT2D eigenvalue weighted by molar-refractivity contribution is 0.0260. The highest BCUT2D eigenvalue weighted by atomic mass is 16.3. The van der Waals surface area contributed by atoms with Crippen molar-refractivity contribution in [2.75, 3.05) is 0 Å². The molecule has 0 unspecified atom stereocenters. The van der Waals surface area contributed by atoms with Gasteiger partial charge < -0.3 is 10.4 Å². The lowest BCUT2D eigenvalue weighted by Gasteiger charge is -2.21. The molecule has 0 aromatic carbocycles. The zero-order valence-corrected chi connectivity index (χ0v) is 10.1. The highest BCUT2D eigenvalue weighted by Crippen LogP contribution is 2.30. The van der Waals surface area contributed by atoms with Gasteiger partial charge in [0.2, 0.25) is 0 Å². The van der Waals surface area contributed by atoms with Crippen molar-refractivity contribution in [2.24, 2.45) is 0 Å². The van der Waals surface area contributed by atoms with Gasteiger partial charge in [0.15, 0.2) is 0 Å². The van der Waals surface area contributed by atoms with Crippen LogP contribution in [-0.4, -0.2) is 31.7 Å². The lowest BCUT2D eigenvalue weighted by Crippen LogP contribution is -2.30. The van der Waals surface area contributed by atoms with Crippen LogP contribution in [0.3, 0.4) is 0 Å². The Balaban J connectivity index is 1.55. The van der Waals surface area contributed by atoms with Gasteiger partial charge >= 0.3 is 0 Å². The topological polar surface area (TPSA) is 63.0 Å². The summed E-state index contributed by atoms with van der Waals surface area (Å²) in [6, 6.07) is 0.694. The first kappa shape index (κ1) is 11.2. The van der Waals surface area contributed by atoms with Crippen LogP contribution in [0.4, 0.5) is 0 Å². The van der Waals surface area contributed by atoms with Crippen LogP contribution >= 0.6 is 0 Å². The van der Waals surface area contributed by atoms with Gasteiger partial charge in [0.1, 0.15) is 0 Å². The molecule has 0 atom stereocenters. The highest BCUT2D eigenvalue weighted by Gasteiger charge is 2.31. The van der Waals surface area contributed by atoms with Crippen LogP contribution in [0.5, 0.6) is 0 Å². The van der Waals surface area contributed by atoms with E-state index in [1.54, 1.807) is 4.68 Å². The van der Waals surface area contributed by atoms with E-state index in [0.717, 1.165) is 37.9 Å². The quantitative estimate of drug-likeness (QED) is 0.795. The maximum atomic E-state index is 10.3. The van der Waals surface area contributed by atoms with Crippen molar-refractivity contribution in [3.63, 3.8) is 0 Å². The van der Waals surface area contributed by atoms with Crippen molar-refractivity contribution in [1.82, 2.24) is 20.3 Å². The summed E-state index contributed by atoms with van der Waals surface area (Å²) in [4.78, 5) is 0. The predicted molar refractivity (Wildman–Crippen MR) is 63.3 cm³/mol. The van der Waals surface area contributed by atoms with Crippen LogP contribution in [0, 0.1) is 0 Å². The molecule has 1 aromatic heterocycles. The Bertz CT molecular complexity index is 380. The maximum Gasteiger partial charge on any atom is 0.0964 e. The molecule has 0 saturated heterocycles. The number of nitrogens with one attached hydrogen (secondary N) is 1. The summed E-state index contributed by atoms with van der Waals surface area (Å²) in [6.07, 6.45) is 8.56. The molecule has 0 bridgehead atoms. The minimum Gasteiger partial charge on any atom is -0.388 e. The van der Waals surface area contributed by atoms with Gasteiger partial charge in [-0.05, 0) is 25.7 Å². The average molecular weight is 236 g/mol. The molecule has 3 rings (SSSR count). The molecule has 0 amide bonds. The molecule has 2 aliphatic carbocycles. The molecule has 0 aliphatic heterocycles. The molecule has 0 radical (unpaired) electrons. The van der Waals surface area contributed by atoms with Crippen LogP contribution in [-0.2, 0) is 13.1 Å². The minimum atomic E-state index is -0.547. The standard InChI is InChI=1S/C12H20N4O/c17-12(5-1-2-6-12)9-16-8-11(14-15-16)7-13-10-3-4-10/h8,10,13,17H,1-7,9H2. The number of aliphatic hydroxyl groups is 1. The Labute approximate surface area is 101 Å². The van der Waals surface area contributed by atoms with E-state index < -0.39 is 5.60 Å². The van der Waals surface area contributed by atoms with Crippen molar-refractivity contribution in [3.05, 3.63) is 11.9 Å². The monoisotopic (exact) mass is 236 g/mol. The highest BCUT2D eigenvalue weighted by molar-refractivity contribution is 4.95. The lowest BCUT2D eigenvalue weighted by atomic mass is 10.0. The third kappa shape index (κ3) is 2.84. The summed E-state index contributed by atoms with van der Waals surface area (Å²) in [7, 11) is 0. The number of hydrogen-bond acceptors (Lipinski definition) is 4. The van der Waals surface area contributed by atoms with E-state index in [9.17, 15) is 5.11 Å². The van der Waals surface area contributed by atoms with Gasteiger partial charge in [0, 0.05) is 18.8 Å². The van der Waals surface area contributed by atoms with Crippen LogP contribution in [0.15, 0.2) is 6.20 Å². The van der Waals surface area contributed by atoms with Crippen molar-refractivity contribution in [3.8, 4) is 0 Å². The third-order valence-corrected chi connectivity index (χ3v) is 3.73. The summed E-state index contributed by atoms with van der Waals surface area (Å²) < 4.78 is 1.79. The summed E-state index contributed by atoms with van der Waals surface area (Å²) >= 11 is 0. The fourth-order valence-corrected chi connectivity index (χ4v) is 2.53. The minimum absolute atomic E-state index is 0.547. The van der Waals surface area contributed by atoms with E-state index in [4.69, 9.17) is 0 Å². The molecule has 2 fully saturated rings. The van der Waals surface area contributed by atoms with Gasteiger partial charge in [-0.15, -0.1) is 5.10 Å². The molecular weight excluding hydrogens is 216 g/mol. The number of nitrogens with zero attached hydrogens (tertiary/aromatic N) is 3. The van der Waals surface area contributed by atoms with Gasteiger partial charge in [-0.1, -0.05) is 18.1 Å². The zero-order valence-electron chi connectivity index (χ0n) is 10.1. The second-order valence-electron chi connectivity index (χ2n) is 5.49. The summed E-state index contributed by atoms with van der Waals surface area (Å²) in [6.45, 7) is 1.38. The molecule has 5 nitrogen and oxygen atoms in total. The van der Waals surface area contributed by atoms with Gasteiger partial charge in [-0.3, -0.25) is 0 Å². The third-order valence-electron chi connectivity index (χ3n) is 3.73. The first-order valence-electron chi connectivity index (χ1n) is 6.58. The van der Waals surface area contributed by atoms with Crippen LogP contribution in [0.1, 0.15) is 44.2 Å². The first-order chi connectivity index (χ1) is 8.23. The normalized spacial score (nSPS) is 23.1. The van der Waals surface area contributed by atoms with Gasteiger partial charge in [-0.25, -0.2) is 4.68 Å². The number of rotatable bonds is 5. The second kappa shape index (κ2) is 4.38. The number of hydrogen-bond donors (Lipinski definition) is 2. The van der Waals surface area contributed by atoms with Crippen molar-refractivity contribution < 1.29 is 5.11 Å². The maximum absolute atomic E-state index is 10.3. The first-order valence-corrected chi connectivity index (χ1v) is 6.58. The van der Waals surface area contributed by atoms with E-state index in [0.29, 0.717) is 12.6 Å². The fraction of sp³-hybridized carbons (Fsp3) is 0.833. The van der Waals surface area contributed by atoms with E-state index in [2.05, 4.69) is 15.6 Å². The summed E-state index contributed by atoms with van der Waals surface area (Å²) in [5, 5.41) is 21.9.